The number of pyridine rings is 1. The van der Waals surface area contributed by atoms with Crippen LogP contribution in [-0.2, 0) is 6.54 Å². The zero-order chi connectivity index (χ0) is 12.6. The number of halogens is 1. The van der Waals surface area contributed by atoms with Crippen molar-refractivity contribution < 1.29 is 0 Å². The first-order chi connectivity index (χ1) is 7.88. The van der Waals surface area contributed by atoms with Crippen molar-refractivity contribution in [2.75, 3.05) is 0 Å². The maximum Gasteiger partial charge on any atom is 0.160 e. The predicted octanol–water partition coefficient (Wildman–Crippen LogP) is 3.78. The molecular formula is C13H18ClN3. The second-order valence-corrected chi connectivity index (χ2v) is 6.23. The van der Waals surface area contributed by atoms with Gasteiger partial charge in [0.2, 0.25) is 0 Å². The van der Waals surface area contributed by atoms with Gasteiger partial charge in [-0.15, -0.1) is 11.6 Å². The molecule has 2 heterocycles. The van der Waals surface area contributed by atoms with Gasteiger partial charge in [-0.25, -0.2) is 9.97 Å². The number of hydrogen-bond acceptors (Lipinski definition) is 2. The molecule has 2 aromatic heterocycles. The van der Waals surface area contributed by atoms with Gasteiger partial charge in [0.05, 0.1) is 5.38 Å². The Morgan fingerprint density at radius 3 is 2.71 bits per heavy atom. The molecule has 0 saturated carbocycles. The lowest BCUT2D eigenvalue weighted by atomic mass is 9.97. The van der Waals surface area contributed by atoms with Gasteiger partial charge in [0.15, 0.2) is 5.65 Å². The topological polar surface area (TPSA) is 30.7 Å². The van der Waals surface area contributed by atoms with Crippen LogP contribution in [0.3, 0.4) is 0 Å². The van der Waals surface area contributed by atoms with Crippen LogP contribution in [0.4, 0.5) is 0 Å². The van der Waals surface area contributed by atoms with Crippen molar-refractivity contribution >= 4 is 22.8 Å². The fourth-order valence-corrected chi connectivity index (χ4v) is 2.08. The van der Waals surface area contributed by atoms with Gasteiger partial charge in [-0.2, -0.15) is 0 Å². The molecule has 0 aromatic carbocycles. The Balaban J connectivity index is 2.60. The molecule has 92 valence electrons. The van der Waals surface area contributed by atoms with E-state index in [1.807, 2.05) is 19.1 Å². The number of rotatable bonds is 2. The minimum atomic E-state index is -0.105. The van der Waals surface area contributed by atoms with Crippen LogP contribution < -0.4 is 0 Å². The molecule has 0 aliphatic heterocycles. The van der Waals surface area contributed by atoms with E-state index in [4.69, 9.17) is 11.6 Å². The van der Waals surface area contributed by atoms with Gasteiger partial charge in [0.1, 0.15) is 11.3 Å². The Labute approximate surface area is 107 Å². The standard InChI is InChI=1S/C13H18ClN3/c1-9(14)11-16-10-6-5-7-15-12(10)17(11)8-13(2,3)4/h5-7,9H,8H2,1-4H3. The quantitative estimate of drug-likeness (QED) is 0.761. The summed E-state index contributed by atoms with van der Waals surface area (Å²) in [4.78, 5) is 8.98. The van der Waals surface area contributed by atoms with Gasteiger partial charge in [0.25, 0.3) is 0 Å². The maximum absolute atomic E-state index is 6.20. The monoisotopic (exact) mass is 251 g/mol. The minimum Gasteiger partial charge on any atom is -0.311 e. The third-order valence-corrected chi connectivity index (χ3v) is 2.72. The van der Waals surface area contributed by atoms with E-state index in [2.05, 4.69) is 35.3 Å². The molecular weight excluding hydrogens is 234 g/mol. The highest BCUT2D eigenvalue weighted by Crippen LogP contribution is 2.27. The van der Waals surface area contributed by atoms with Crippen LogP contribution in [0.25, 0.3) is 11.2 Å². The molecule has 2 rings (SSSR count). The van der Waals surface area contributed by atoms with E-state index < -0.39 is 0 Å². The van der Waals surface area contributed by atoms with Crippen LogP contribution in [0.5, 0.6) is 0 Å². The number of fused-ring (bicyclic) bond motifs is 1. The highest BCUT2D eigenvalue weighted by atomic mass is 35.5. The first-order valence-electron chi connectivity index (χ1n) is 5.84. The Morgan fingerprint density at radius 2 is 2.12 bits per heavy atom. The van der Waals surface area contributed by atoms with E-state index in [9.17, 15) is 0 Å². The smallest absolute Gasteiger partial charge is 0.160 e. The Bertz CT molecular complexity index is 523. The average Bonchev–Trinajstić information content (AvgIpc) is 2.55. The summed E-state index contributed by atoms with van der Waals surface area (Å²) in [6.07, 6.45) is 1.80. The van der Waals surface area contributed by atoms with Gasteiger partial charge in [0, 0.05) is 12.7 Å². The fourth-order valence-electron chi connectivity index (χ4n) is 1.91. The maximum atomic E-state index is 6.20. The second kappa shape index (κ2) is 4.30. The molecule has 0 aliphatic rings. The summed E-state index contributed by atoms with van der Waals surface area (Å²) in [6.45, 7) is 9.41. The summed E-state index contributed by atoms with van der Waals surface area (Å²) >= 11 is 6.20. The number of hydrogen-bond donors (Lipinski definition) is 0. The summed E-state index contributed by atoms with van der Waals surface area (Å²) in [6, 6.07) is 3.88. The molecule has 0 fully saturated rings. The largest absolute Gasteiger partial charge is 0.311 e. The van der Waals surface area contributed by atoms with E-state index in [-0.39, 0.29) is 10.8 Å². The van der Waals surface area contributed by atoms with Crippen LogP contribution in [0.1, 0.15) is 38.9 Å². The van der Waals surface area contributed by atoms with Crippen LogP contribution in [-0.4, -0.2) is 14.5 Å². The van der Waals surface area contributed by atoms with Crippen molar-refractivity contribution in [3.63, 3.8) is 0 Å². The lowest BCUT2D eigenvalue weighted by Crippen LogP contribution is -2.18. The van der Waals surface area contributed by atoms with Gasteiger partial charge in [-0.1, -0.05) is 20.8 Å². The van der Waals surface area contributed by atoms with Gasteiger partial charge < -0.3 is 4.57 Å². The van der Waals surface area contributed by atoms with Gasteiger partial charge in [-0.3, -0.25) is 0 Å². The molecule has 0 spiro atoms. The van der Waals surface area contributed by atoms with E-state index in [0.717, 1.165) is 23.5 Å². The summed E-state index contributed by atoms with van der Waals surface area (Å²) < 4.78 is 2.13. The normalized spacial score (nSPS) is 14.2. The van der Waals surface area contributed by atoms with Crippen molar-refractivity contribution in [1.29, 1.82) is 0 Å². The lowest BCUT2D eigenvalue weighted by Gasteiger charge is -2.21. The highest BCUT2D eigenvalue weighted by molar-refractivity contribution is 6.20. The molecule has 0 aliphatic carbocycles. The minimum absolute atomic E-state index is 0.105. The lowest BCUT2D eigenvalue weighted by molar-refractivity contribution is 0.342. The van der Waals surface area contributed by atoms with E-state index in [0.29, 0.717) is 0 Å². The molecule has 3 nitrogen and oxygen atoms in total. The molecule has 0 bridgehead atoms. The van der Waals surface area contributed by atoms with Crippen molar-refractivity contribution in [3.8, 4) is 0 Å². The van der Waals surface area contributed by atoms with Crippen molar-refractivity contribution in [1.82, 2.24) is 14.5 Å². The van der Waals surface area contributed by atoms with E-state index in [1.165, 1.54) is 0 Å². The van der Waals surface area contributed by atoms with Crippen LogP contribution in [0.15, 0.2) is 18.3 Å². The van der Waals surface area contributed by atoms with Gasteiger partial charge >= 0.3 is 0 Å². The first kappa shape index (κ1) is 12.4. The van der Waals surface area contributed by atoms with Crippen LogP contribution in [0, 0.1) is 5.41 Å². The number of alkyl halides is 1. The fraction of sp³-hybridized carbons (Fsp3) is 0.538. The Hall–Kier alpha value is -1.09. The Morgan fingerprint density at radius 1 is 1.41 bits per heavy atom. The van der Waals surface area contributed by atoms with Crippen molar-refractivity contribution in [3.05, 3.63) is 24.2 Å². The van der Waals surface area contributed by atoms with Crippen LogP contribution in [0.2, 0.25) is 0 Å². The SMILES string of the molecule is CC(Cl)c1nc2cccnc2n1CC(C)(C)C. The number of nitrogens with zero attached hydrogens (tertiary/aromatic N) is 3. The highest BCUT2D eigenvalue weighted by Gasteiger charge is 2.20. The number of aromatic nitrogens is 3. The van der Waals surface area contributed by atoms with Crippen LogP contribution >= 0.6 is 11.6 Å². The molecule has 4 heteroatoms. The molecule has 0 N–H and O–H groups in total. The summed E-state index contributed by atoms with van der Waals surface area (Å²) in [5, 5.41) is -0.105. The van der Waals surface area contributed by atoms with E-state index >= 15 is 0 Å². The molecule has 0 saturated heterocycles. The first-order valence-corrected chi connectivity index (χ1v) is 6.27. The molecule has 0 radical (unpaired) electrons. The number of imidazole rings is 1. The molecule has 17 heavy (non-hydrogen) atoms. The zero-order valence-electron chi connectivity index (χ0n) is 10.7. The second-order valence-electron chi connectivity index (χ2n) is 5.58. The molecule has 1 unspecified atom stereocenters. The summed E-state index contributed by atoms with van der Waals surface area (Å²) in [5.74, 6) is 0.898. The summed E-state index contributed by atoms with van der Waals surface area (Å²) in [5.41, 5.74) is 2.01. The third-order valence-electron chi connectivity index (χ3n) is 2.52. The zero-order valence-corrected chi connectivity index (χ0v) is 11.5. The van der Waals surface area contributed by atoms with Crippen molar-refractivity contribution in [2.45, 2.75) is 39.6 Å². The average molecular weight is 252 g/mol. The summed E-state index contributed by atoms with van der Waals surface area (Å²) in [7, 11) is 0. The molecule has 0 amide bonds. The molecule has 2 aromatic rings. The van der Waals surface area contributed by atoms with Crippen molar-refractivity contribution in [2.24, 2.45) is 5.41 Å². The predicted molar refractivity (Wildman–Crippen MR) is 71.3 cm³/mol. The Kier molecular flexibility index (Phi) is 3.13. The van der Waals surface area contributed by atoms with Gasteiger partial charge in [-0.05, 0) is 24.5 Å². The van der Waals surface area contributed by atoms with E-state index in [1.54, 1.807) is 6.20 Å². The third kappa shape index (κ3) is 2.60. The molecule has 1 atom stereocenters.